The van der Waals surface area contributed by atoms with E-state index in [9.17, 15) is 22.8 Å². The van der Waals surface area contributed by atoms with Crippen LogP contribution < -0.4 is 10.9 Å². The fraction of sp³-hybridized carbons (Fsp3) is 0.538. The predicted molar refractivity (Wildman–Crippen MR) is 79.1 cm³/mol. The standard InChI is InChI=1S/C13H17F3N2O3S/c1-12(22-2,8-21-7-3-6-19)18-9-4-5-17-11(20)10(9)13(14,15)16/h4-6H,3,7-8H2,1-2H3,(H2,17,18,20). The normalized spacial score (nSPS) is 14.4. The first-order valence-electron chi connectivity index (χ1n) is 6.37. The van der Waals surface area contributed by atoms with Crippen molar-refractivity contribution in [3.63, 3.8) is 0 Å². The van der Waals surface area contributed by atoms with Crippen LogP contribution in [0.4, 0.5) is 18.9 Å². The molecule has 0 bridgehead atoms. The predicted octanol–water partition coefficient (Wildman–Crippen LogP) is 2.49. The molecule has 0 aliphatic rings. The van der Waals surface area contributed by atoms with E-state index in [2.05, 4.69) is 5.32 Å². The number of anilines is 1. The number of ether oxygens (including phenoxy) is 1. The highest BCUT2D eigenvalue weighted by atomic mass is 32.2. The summed E-state index contributed by atoms with van der Waals surface area (Å²) in [5, 5.41) is 2.71. The maximum Gasteiger partial charge on any atom is 0.423 e. The fourth-order valence-corrected chi connectivity index (χ4v) is 2.11. The van der Waals surface area contributed by atoms with E-state index in [0.29, 0.717) is 6.29 Å². The highest BCUT2D eigenvalue weighted by Gasteiger charge is 2.38. The Bertz CT molecular complexity index is 562. The van der Waals surface area contributed by atoms with E-state index in [1.165, 1.54) is 11.8 Å². The van der Waals surface area contributed by atoms with Gasteiger partial charge in [-0.15, -0.1) is 11.8 Å². The molecule has 22 heavy (non-hydrogen) atoms. The maximum atomic E-state index is 13.0. The molecule has 1 atom stereocenters. The van der Waals surface area contributed by atoms with Crippen LogP contribution in [-0.2, 0) is 15.7 Å². The van der Waals surface area contributed by atoms with Gasteiger partial charge in [0.25, 0.3) is 5.56 Å². The van der Waals surface area contributed by atoms with Gasteiger partial charge in [-0.3, -0.25) is 4.79 Å². The number of aromatic amines is 1. The minimum Gasteiger partial charge on any atom is -0.378 e. The van der Waals surface area contributed by atoms with E-state index < -0.39 is 22.2 Å². The van der Waals surface area contributed by atoms with E-state index in [-0.39, 0.29) is 25.3 Å². The van der Waals surface area contributed by atoms with Gasteiger partial charge < -0.3 is 19.8 Å². The van der Waals surface area contributed by atoms with Crippen LogP contribution in [0, 0.1) is 0 Å². The summed E-state index contributed by atoms with van der Waals surface area (Å²) >= 11 is 1.25. The molecule has 0 aliphatic carbocycles. The first-order valence-corrected chi connectivity index (χ1v) is 7.59. The smallest absolute Gasteiger partial charge is 0.378 e. The number of alkyl halides is 3. The number of rotatable bonds is 8. The van der Waals surface area contributed by atoms with Gasteiger partial charge in [0.15, 0.2) is 0 Å². The van der Waals surface area contributed by atoms with Crippen molar-refractivity contribution < 1.29 is 22.7 Å². The fourth-order valence-electron chi connectivity index (χ4n) is 1.69. The van der Waals surface area contributed by atoms with Crippen molar-refractivity contribution in [2.24, 2.45) is 0 Å². The minimum atomic E-state index is -4.77. The van der Waals surface area contributed by atoms with Crippen LogP contribution in [0.3, 0.4) is 0 Å². The average molecular weight is 338 g/mol. The number of H-pyrrole nitrogens is 1. The summed E-state index contributed by atoms with van der Waals surface area (Å²) in [4.78, 5) is 22.8. The quantitative estimate of drug-likeness (QED) is 0.433. The lowest BCUT2D eigenvalue weighted by Crippen LogP contribution is -2.38. The van der Waals surface area contributed by atoms with E-state index in [1.54, 1.807) is 13.2 Å². The monoisotopic (exact) mass is 338 g/mol. The summed E-state index contributed by atoms with van der Waals surface area (Å²) in [5.41, 5.74) is -2.79. The third-order valence-electron chi connectivity index (χ3n) is 2.85. The lowest BCUT2D eigenvalue weighted by Gasteiger charge is -2.30. The first kappa shape index (κ1) is 18.6. The zero-order valence-electron chi connectivity index (χ0n) is 12.1. The van der Waals surface area contributed by atoms with E-state index in [1.807, 2.05) is 4.98 Å². The van der Waals surface area contributed by atoms with Gasteiger partial charge in [-0.1, -0.05) is 0 Å². The molecule has 5 nitrogen and oxygen atoms in total. The second kappa shape index (κ2) is 7.68. The molecule has 124 valence electrons. The molecule has 1 aromatic rings. The van der Waals surface area contributed by atoms with Crippen molar-refractivity contribution in [3.8, 4) is 0 Å². The van der Waals surface area contributed by atoms with Crippen LogP contribution in [0.5, 0.6) is 0 Å². The van der Waals surface area contributed by atoms with Crippen LogP contribution in [0.1, 0.15) is 18.9 Å². The molecule has 1 heterocycles. The number of hydrogen-bond acceptors (Lipinski definition) is 5. The molecule has 9 heteroatoms. The average Bonchev–Trinajstić information content (AvgIpc) is 2.42. The molecule has 0 amide bonds. The summed E-state index contributed by atoms with van der Waals surface area (Å²) in [7, 11) is 0. The van der Waals surface area contributed by atoms with Gasteiger partial charge >= 0.3 is 6.18 Å². The summed E-state index contributed by atoms with van der Waals surface area (Å²) in [6.45, 7) is 1.91. The molecule has 2 N–H and O–H groups in total. The Kier molecular flexibility index (Phi) is 6.48. The molecule has 0 aliphatic heterocycles. The van der Waals surface area contributed by atoms with Gasteiger partial charge in [0, 0.05) is 12.6 Å². The number of aromatic nitrogens is 1. The van der Waals surface area contributed by atoms with Crippen LogP contribution in [-0.4, -0.2) is 35.6 Å². The third-order valence-corrected chi connectivity index (χ3v) is 3.97. The van der Waals surface area contributed by atoms with Crippen molar-refractivity contribution in [1.82, 2.24) is 4.98 Å². The molecule has 0 saturated carbocycles. The number of carbonyl (C=O) groups excluding carboxylic acids is 1. The summed E-state index contributed by atoms with van der Waals surface area (Å²) in [6, 6.07) is 1.16. The van der Waals surface area contributed by atoms with Crippen LogP contribution >= 0.6 is 11.8 Å². The van der Waals surface area contributed by atoms with E-state index in [4.69, 9.17) is 4.74 Å². The summed E-state index contributed by atoms with van der Waals surface area (Å²) in [5.74, 6) is 0. The molecule has 0 spiro atoms. The number of aldehydes is 1. The highest BCUT2D eigenvalue weighted by molar-refractivity contribution is 8.00. The Morgan fingerprint density at radius 2 is 2.14 bits per heavy atom. The molecule has 0 saturated heterocycles. The zero-order valence-corrected chi connectivity index (χ0v) is 12.9. The Morgan fingerprint density at radius 3 is 2.68 bits per heavy atom. The van der Waals surface area contributed by atoms with Crippen molar-refractivity contribution in [1.29, 1.82) is 0 Å². The summed E-state index contributed by atoms with van der Waals surface area (Å²) < 4.78 is 44.3. The van der Waals surface area contributed by atoms with Gasteiger partial charge in [0.1, 0.15) is 16.7 Å². The number of nitrogens with one attached hydrogen (secondary N) is 2. The SMILES string of the molecule is CSC(C)(COCCC=O)Nc1cc[nH]c(=O)c1C(F)(F)F. The van der Waals surface area contributed by atoms with Gasteiger partial charge in [0.05, 0.1) is 18.9 Å². The minimum absolute atomic E-state index is 0.0755. The molecular weight excluding hydrogens is 321 g/mol. The van der Waals surface area contributed by atoms with E-state index in [0.717, 1.165) is 12.3 Å². The van der Waals surface area contributed by atoms with E-state index >= 15 is 0 Å². The van der Waals surface area contributed by atoms with Crippen molar-refractivity contribution >= 4 is 23.7 Å². The molecule has 1 aromatic heterocycles. The second-order valence-corrected chi connectivity index (χ2v) is 5.97. The first-order chi connectivity index (χ1) is 10.2. The Morgan fingerprint density at radius 1 is 1.45 bits per heavy atom. The van der Waals surface area contributed by atoms with Crippen molar-refractivity contribution in [2.75, 3.05) is 24.8 Å². The number of halogens is 3. The largest absolute Gasteiger partial charge is 0.423 e. The molecule has 1 unspecified atom stereocenters. The highest BCUT2D eigenvalue weighted by Crippen LogP contribution is 2.34. The van der Waals surface area contributed by atoms with Gasteiger partial charge in [-0.25, -0.2) is 0 Å². The van der Waals surface area contributed by atoms with Crippen LogP contribution in [0.25, 0.3) is 0 Å². The van der Waals surface area contributed by atoms with Gasteiger partial charge in [0.2, 0.25) is 0 Å². The van der Waals surface area contributed by atoms with Crippen molar-refractivity contribution in [2.45, 2.75) is 24.4 Å². The molecule has 1 rings (SSSR count). The lowest BCUT2D eigenvalue weighted by atomic mass is 10.2. The molecular formula is C13H17F3N2O3S. The number of carbonyl (C=O) groups is 1. The molecule has 0 radical (unpaired) electrons. The maximum absolute atomic E-state index is 13.0. The Labute approximate surface area is 129 Å². The zero-order chi connectivity index (χ0) is 16.8. The Hall–Kier alpha value is -1.48. The van der Waals surface area contributed by atoms with Gasteiger partial charge in [-0.05, 0) is 19.2 Å². The topological polar surface area (TPSA) is 71.2 Å². The Balaban J connectivity index is 2.98. The second-order valence-electron chi connectivity index (χ2n) is 4.66. The number of thioether (sulfide) groups is 1. The van der Waals surface area contributed by atoms with Crippen molar-refractivity contribution in [3.05, 3.63) is 28.2 Å². The lowest BCUT2D eigenvalue weighted by molar-refractivity contribution is -0.138. The third kappa shape index (κ3) is 5.06. The molecule has 0 fully saturated rings. The number of hydrogen-bond donors (Lipinski definition) is 2. The molecule has 0 aromatic carbocycles. The van der Waals surface area contributed by atoms with Crippen LogP contribution in [0.15, 0.2) is 17.1 Å². The summed E-state index contributed by atoms with van der Waals surface area (Å²) in [6.07, 6.45) is -1.01. The van der Waals surface area contributed by atoms with Gasteiger partial charge in [-0.2, -0.15) is 13.2 Å². The number of pyridine rings is 1. The van der Waals surface area contributed by atoms with Crippen LogP contribution in [0.2, 0.25) is 0 Å².